The van der Waals surface area contributed by atoms with Gasteiger partial charge in [-0.15, -0.1) is 22.7 Å². The molecule has 0 saturated heterocycles. The molecule has 0 aliphatic rings. The summed E-state index contributed by atoms with van der Waals surface area (Å²) >= 11 is 6.89. The molecule has 0 unspecified atom stereocenters. The number of fused-ring (bicyclic) bond motifs is 1. The molecule has 128 valence electrons. The molecule has 0 aliphatic carbocycles. The summed E-state index contributed by atoms with van der Waals surface area (Å²) in [5, 5.41) is 0. The van der Waals surface area contributed by atoms with Crippen molar-refractivity contribution in [3.8, 4) is 0 Å². The van der Waals surface area contributed by atoms with Crippen LogP contribution in [0.15, 0.2) is 22.1 Å². The third kappa shape index (κ3) is 3.90. The number of carbonyl (C=O) groups is 1. The lowest BCUT2D eigenvalue weighted by Gasteiger charge is -2.17. The maximum Gasteiger partial charge on any atom is 0.222 e. The number of hydrogen-bond donors (Lipinski definition) is 0. The second-order valence-electron chi connectivity index (χ2n) is 5.95. The molecule has 0 bridgehead atoms. The van der Waals surface area contributed by atoms with Crippen LogP contribution in [0.5, 0.6) is 0 Å². The fourth-order valence-electron chi connectivity index (χ4n) is 2.70. The van der Waals surface area contributed by atoms with Gasteiger partial charge in [0.05, 0.1) is 21.7 Å². The minimum Gasteiger partial charge on any atom is -0.340 e. The van der Waals surface area contributed by atoms with Crippen LogP contribution in [-0.4, -0.2) is 27.2 Å². The molecule has 0 aliphatic heterocycles. The molecule has 0 aromatic carbocycles. The van der Waals surface area contributed by atoms with Gasteiger partial charge in [0.2, 0.25) is 5.91 Å². The van der Waals surface area contributed by atoms with Gasteiger partial charge < -0.3 is 4.90 Å². The molecule has 0 fully saturated rings. The Morgan fingerprint density at radius 1 is 1.33 bits per heavy atom. The van der Waals surface area contributed by atoms with Gasteiger partial charge in [0, 0.05) is 29.4 Å². The lowest BCUT2D eigenvalue weighted by molar-refractivity contribution is -0.130. The number of aryl methyl sites for hydroxylation is 3. The zero-order valence-corrected chi connectivity index (χ0v) is 17.2. The number of nitrogens with zero attached hydrogens (tertiary/aromatic N) is 3. The topological polar surface area (TPSA) is 37.6 Å². The van der Waals surface area contributed by atoms with Crippen molar-refractivity contribution in [3.05, 3.63) is 43.3 Å². The molecule has 3 aromatic heterocycles. The Balaban J connectivity index is 1.58. The lowest BCUT2D eigenvalue weighted by Crippen LogP contribution is -2.26. The standard InChI is InChI=1S/C17H20BrN3OS2/c1-11-9-21-14(12(2)19-17(21)23-11)10-20(3)16(22)6-4-5-13-7-8-15(18)24-13/h7-9H,4-6,10H2,1-3H3. The van der Waals surface area contributed by atoms with Crippen LogP contribution in [-0.2, 0) is 17.8 Å². The Labute approximate surface area is 158 Å². The molecule has 0 spiro atoms. The van der Waals surface area contributed by atoms with E-state index in [1.54, 1.807) is 22.7 Å². The molecule has 0 atom stereocenters. The third-order valence-corrected chi connectivity index (χ3v) is 6.58. The van der Waals surface area contributed by atoms with Gasteiger partial charge in [0.1, 0.15) is 0 Å². The van der Waals surface area contributed by atoms with Gasteiger partial charge in [-0.05, 0) is 54.8 Å². The Morgan fingerprint density at radius 2 is 2.12 bits per heavy atom. The van der Waals surface area contributed by atoms with Gasteiger partial charge in [0.15, 0.2) is 4.96 Å². The van der Waals surface area contributed by atoms with Crippen LogP contribution in [0.2, 0.25) is 0 Å². The Morgan fingerprint density at radius 3 is 2.83 bits per heavy atom. The smallest absolute Gasteiger partial charge is 0.222 e. The number of imidazole rings is 1. The first kappa shape index (κ1) is 17.6. The first-order valence-electron chi connectivity index (χ1n) is 7.86. The normalized spacial score (nSPS) is 11.3. The molecule has 24 heavy (non-hydrogen) atoms. The van der Waals surface area contributed by atoms with Gasteiger partial charge in [-0.2, -0.15) is 0 Å². The van der Waals surface area contributed by atoms with Crippen molar-refractivity contribution in [1.82, 2.24) is 14.3 Å². The van der Waals surface area contributed by atoms with Gasteiger partial charge in [0.25, 0.3) is 0 Å². The number of halogens is 1. The van der Waals surface area contributed by atoms with E-state index in [1.807, 2.05) is 18.9 Å². The summed E-state index contributed by atoms with van der Waals surface area (Å²) in [6.07, 6.45) is 4.52. The Kier molecular flexibility index (Phi) is 5.42. The highest BCUT2D eigenvalue weighted by Crippen LogP contribution is 2.24. The lowest BCUT2D eigenvalue weighted by atomic mass is 10.2. The largest absolute Gasteiger partial charge is 0.340 e. The quantitative estimate of drug-likeness (QED) is 0.567. The van der Waals surface area contributed by atoms with Crippen molar-refractivity contribution in [2.45, 2.75) is 39.7 Å². The number of hydrogen-bond acceptors (Lipinski definition) is 4. The van der Waals surface area contributed by atoms with Gasteiger partial charge in [-0.1, -0.05) is 0 Å². The number of thiophene rings is 1. The van der Waals surface area contributed by atoms with Gasteiger partial charge in [-0.25, -0.2) is 4.98 Å². The zero-order chi connectivity index (χ0) is 17.3. The summed E-state index contributed by atoms with van der Waals surface area (Å²) in [6.45, 7) is 4.69. The summed E-state index contributed by atoms with van der Waals surface area (Å²) < 4.78 is 3.26. The highest BCUT2D eigenvalue weighted by atomic mass is 79.9. The van der Waals surface area contributed by atoms with Crippen LogP contribution in [0, 0.1) is 13.8 Å². The van der Waals surface area contributed by atoms with Crippen molar-refractivity contribution in [2.24, 2.45) is 0 Å². The molecular weight excluding hydrogens is 406 g/mol. The summed E-state index contributed by atoms with van der Waals surface area (Å²) in [6, 6.07) is 4.18. The Hall–Kier alpha value is -1.18. The fourth-order valence-corrected chi connectivity index (χ4v) is 5.12. The summed E-state index contributed by atoms with van der Waals surface area (Å²) in [5.74, 6) is 0.187. The highest BCUT2D eigenvalue weighted by molar-refractivity contribution is 9.11. The van der Waals surface area contributed by atoms with E-state index in [-0.39, 0.29) is 5.91 Å². The summed E-state index contributed by atoms with van der Waals surface area (Å²) in [4.78, 5) is 22.4. The molecular formula is C17H20BrN3OS2. The average molecular weight is 426 g/mol. The van der Waals surface area contributed by atoms with Gasteiger partial charge >= 0.3 is 0 Å². The first-order valence-corrected chi connectivity index (χ1v) is 10.3. The van der Waals surface area contributed by atoms with E-state index >= 15 is 0 Å². The Bertz CT molecular complexity index is 865. The number of aromatic nitrogens is 2. The summed E-state index contributed by atoms with van der Waals surface area (Å²) in [5.41, 5.74) is 2.11. The van der Waals surface area contributed by atoms with Crippen molar-refractivity contribution in [3.63, 3.8) is 0 Å². The van der Waals surface area contributed by atoms with Crippen LogP contribution in [0.3, 0.4) is 0 Å². The molecule has 3 aromatic rings. The first-order chi connectivity index (χ1) is 11.4. The van der Waals surface area contributed by atoms with E-state index < -0.39 is 0 Å². The molecule has 0 saturated carbocycles. The predicted octanol–water partition coefficient (Wildman–Crippen LogP) is 4.82. The van der Waals surface area contributed by atoms with E-state index in [0.29, 0.717) is 13.0 Å². The maximum absolute atomic E-state index is 12.4. The molecule has 4 nitrogen and oxygen atoms in total. The van der Waals surface area contributed by atoms with Crippen molar-refractivity contribution < 1.29 is 4.79 Å². The SMILES string of the molecule is Cc1cn2c(CN(C)C(=O)CCCc3ccc(Br)s3)c(C)nc2s1. The van der Waals surface area contributed by atoms with Crippen molar-refractivity contribution >= 4 is 49.5 Å². The average Bonchev–Trinajstić information content (AvgIpc) is 3.16. The van der Waals surface area contributed by atoms with Crippen LogP contribution >= 0.6 is 38.6 Å². The highest BCUT2D eigenvalue weighted by Gasteiger charge is 2.16. The predicted molar refractivity (Wildman–Crippen MR) is 104 cm³/mol. The number of thiazole rings is 1. The fraction of sp³-hybridized carbons (Fsp3) is 0.412. The van der Waals surface area contributed by atoms with E-state index in [0.717, 1.165) is 33.0 Å². The number of amides is 1. The second-order valence-corrected chi connectivity index (χ2v) is 9.71. The molecule has 3 heterocycles. The monoisotopic (exact) mass is 425 g/mol. The number of carbonyl (C=O) groups excluding carboxylic acids is 1. The zero-order valence-electron chi connectivity index (χ0n) is 14.0. The molecule has 0 radical (unpaired) electrons. The van der Waals surface area contributed by atoms with Crippen molar-refractivity contribution in [2.75, 3.05) is 7.05 Å². The van der Waals surface area contributed by atoms with Gasteiger partial charge in [-0.3, -0.25) is 9.20 Å². The van der Waals surface area contributed by atoms with Crippen LogP contribution in [0.4, 0.5) is 0 Å². The van der Waals surface area contributed by atoms with Crippen LogP contribution in [0.25, 0.3) is 4.96 Å². The van der Waals surface area contributed by atoms with E-state index in [4.69, 9.17) is 0 Å². The number of rotatable bonds is 6. The minimum atomic E-state index is 0.187. The molecule has 1 amide bonds. The van der Waals surface area contributed by atoms with Crippen LogP contribution in [0.1, 0.15) is 34.0 Å². The summed E-state index contributed by atoms with van der Waals surface area (Å²) in [7, 11) is 1.88. The van der Waals surface area contributed by atoms with E-state index in [1.165, 1.54) is 9.75 Å². The molecule has 7 heteroatoms. The van der Waals surface area contributed by atoms with E-state index in [2.05, 4.69) is 50.6 Å². The van der Waals surface area contributed by atoms with E-state index in [9.17, 15) is 4.79 Å². The molecule has 0 N–H and O–H groups in total. The van der Waals surface area contributed by atoms with Crippen molar-refractivity contribution in [1.29, 1.82) is 0 Å². The maximum atomic E-state index is 12.4. The third-order valence-electron chi connectivity index (χ3n) is 4.00. The minimum absolute atomic E-state index is 0.187. The van der Waals surface area contributed by atoms with Crippen LogP contribution < -0.4 is 0 Å². The second kappa shape index (κ2) is 7.37. The molecule has 3 rings (SSSR count).